The fourth-order valence-corrected chi connectivity index (χ4v) is 10.7. The van der Waals surface area contributed by atoms with E-state index in [0.717, 1.165) is 0 Å². The van der Waals surface area contributed by atoms with E-state index in [2.05, 4.69) is 30.2 Å². The van der Waals surface area contributed by atoms with Crippen LogP contribution in [-0.4, -0.2) is 98.9 Å². The van der Waals surface area contributed by atoms with Gasteiger partial charge in [0.2, 0.25) is 17.7 Å². The highest BCUT2D eigenvalue weighted by atomic mass is 32.5. The fraction of sp³-hybridized carbons (Fsp3) is 0.667. The molecule has 1 saturated carbocycles. The van der Waals surface area contributed by atoms with Crippen molar-refractivity contribution in [1.82, 2.24) is 29.5 Å². The molecule has 6 rings (SSSR count). The van der Waals surface area contributed by atoms with E-state index in [9.17, 15) is 24.3 Å². The van der Waals surface area contributed by atoms with Crippen LogP contribution in [0.3, 0.4) is 0 Å². The number of carbonyl (C=O) groups is 1. The Hall–Kier alpha value is -3.03. The fourth-order valence-electron chi connectivity index (χ4n) is 6.23. The number of phosphoric acid groups is 1. The molecule has 20 nitrogen and oxygen atoms in total. The number of aromatic nitrogens is 6. The van der Waals surface area contributed by atoms with E-state index < -0.39 is 83.6 Å². The molecule has 3 aliphatic rings. The van der Waals surface area contributed by atoms with Crippen LogP contribution in [0.25, 0.3) is 11.2 Å². The van der Waals surface area contributed by atoms with Crippen LogP contribution in [0.1, 0.15) is 60.1 Å². The Morgan fingerprint density at radius 3 is 2.67 bits per heavy atom. The quantitative estimate of drug-likeness (QED) is 0.141. The number of phosphoric ester groups is 1. The smallest absolute Gasteiger partial charge is 0.472 e. The van der Waals surface area contributed by atoms with Crippen molar-refractivity contribution in [3.63, 3.8) is 0 Å². The van der Waals surface area contributed by atoms with Crippen molar-refractivity contribution in [1.29, 1.82) is 5.26 Å². The topological polar surface area (TPSA) is 253 Å². The number of hydrogen-bond donors (Lipinski definition) is 3. The molecular formula is C33H48N8O12P2SSi. The van der Waals surface area contributed by atoms with Crippen LogP contribution >= 0.6 is 14.5 Å². The van der Waals surface area contributed by atoms with Gasteiger partial charge in [0.05, 0.1) is 44.7 Å². The number of amides is 1. The Bertz CT molecular complexity index is 2120. The molecule has 3 aromatic rings. The normalized spacial score (nSPS) is 31.2. The number of rotatable bonds is 10. The average molecular weight is 871 g/mol. The van der Waals surface area contributed by atoms with Gasteiger partial charge in [-0.15, -0.1) is 0 Å². The molecule has 0 spiro atoms. The van der Waals surface area contributed by atoms with Gasteiger partial charge < -0.3 is 27.8 Å². The number of imidazole rings is 1. The van der Waals surface area contributed by atoms with E-state index in [0.29, 0.717) is 12.3 Å². The zero-order chi connectivity index (χ0) is 41.3. The lowest BCUT2D eigenvalue weighted by Gasteiger charge is -2.41. The first kappa shape index (κ1) is 43.5. The number of nitrogens with zero attached hydrogens (tertiary/aromatic N) is 6. The summed E-state index contributed by atoms with van der Waals surface area (Å²) in [6.07, 6.45) is -1.26. The molecule has 57 heavy (non-hydrogen) atoms. The molecule has 5 heterocycles. The first-order valence-corrected chi connectivity index (χ1v) is 25.4. The molecule has 0 radical (unpaired) electrons. The summed E-state index contributed by atoms with van der Waals surface area (Å²) in [5.41, 5.74) is -0.690. The lowest BCUT2D eigenvalue weighted by molar-refractivity contribution is -0.118. The highest BCUT2D eigenvalue weighted by molar-refractivity contribution is 8.07. The second kappa shape index (κ2) is 17.3. The number of aromatic amines is 1. The Balaban J connectivity index is 1.42. The van der Waals surface area contributed by atoms with Gasteiger partial charge >= 0.3 is 14.5 Å². The Morgan fingerprint density at radius 1 is 1.21 bits per heavy atom. The minimum absolute atomic E-state index is 0.0180. The van der Waals surface area contributed by atoms with Crippen LogP contribution in [0, 0.1) is 23.2 Å². The summed E-state index contributed by atoms with van der Waals surface area (Å²) in [6, 6.07) is 3.63. The lowest BCUT2D eigenvalue weighted by Crippen LogP contribution is -2.50. The summed E-state index contributed by atoms with van der Waals surface area (Å²) < 4.78 is 65.5. The van der Waals surface area contributed by atoms with Gasteiger partial charge in [-0.05, 0) is 36.4 Å². The number of fused-ring (bicyclic) bond motifs is 4. The molecule has 3 N–H and O–H groups in total. The van der Waals surface area contributed by atoms with Gasteiger partial charge in [0.15, 0.2) is 25.7 Å². The number of H-pyrrole nitrogens is 1. The maximum Gasteiger partial charge on any atom is 0.472 e. The van der Waals surface area contributed by atoms with Crippen LogP contribution in [0.4, 0.5) is 5.95 Å². The SMILES string of the molecule is CC(C)C(=O)Nc1nc2c(ncn2[C@@H]2O[C@@H]3COP(=O)(O)O[C@H]4C[C@H](Oc5ccncn5)C[C@@H]4CO[P@@](=S)(OCCC#N)O[C@@H]2[C@@H]3O[Si](C)(C)C(C)(C)C)c(=O)[nH]1. The van der Waals surface area contributed by atoms with Crippen LogP contribution in [0.15, 0.2) is 29.7 Å². The molecule has 9 atom stereocenters. The minimum atomic E-state index is -4.78. The molecule has 2 bridgehead atoms. The van der Waals surface area contributed by atoms with Gasteiger partial charge in [0.25, 0.3) is 5.56 Å². The molecule has 3 fully saturated rings. The number of nitrogens with one attached hydrogen (secondary N) is 2. The summed E-state index contributed by atoms with van der Waals surface area (Å²) in [4.78, 5) is 56.3. The van der Waals surface area contributed by atoms with Crippen molar-refractivity contribution >= 4 is 57.7 Å². The Morgan fingerprint density at radius 2 is 1.98 bits per heavy atom. The Labute approximate surface area is 335 Å². The van der Waals surface area contributed by atoms with E-state index in [1.807, 2.05) is 39.9 Å². The van der Waals surface area contributed by atoms with Crippen molar-refractivity contribution in [2.24, 2.45) is 11.8 Å². The van der Waals surface area contributed by atoms with Gasteiger partial charge in [-0.1, -0.05) is 34.6 Å². The minimum Gasteiger partial charge on any atom is -0.474 e. The van der Waals surface area contributed by atoms with Gasteiger partial charge in [-0.25, -0.2) is 19.5 Å². The van der Waals surface area contributed by atoms with E-state index in [-0.39, 0.29) is 54.1 Å². The maximum absolute atomic E-state index is 13.7. The zero-order valence-corrected chi connectivity index (χ0v) is 36.2. The second-order valence-corrected chi connectivity index (χ2v) is 24.9. The number of ether oxygens (including phenoxy) is 2. The molecular weight excluding hydrogens is 823 g/mol. The summed E-state index contributed by atoms with van der Waals surface area (Å²) in [6.45, 7) is 8.88. The van der Waals surface area contributed by atoms with Crippen LogP contribution in [0.5, 0.6) is 5.88 Å². The highest BCUT2D eigenvalue weighted by Gasteiger charge is 2.55. The van der Waals surface area contributed by atoms with Crippen LogP contribution in [-0.2, 0) is 52.9 Å². The predicted octanol–water partition coefficient (Wildman–Crippen LogP) is 4.72. The number of anilines is 1. The molecule has 312 valence electrons. The first-order valence-electron chi connectivity index (χ1n) is 18.4. The molecule has 1 unspecified atom stereocenters. The molecule has 2 aliphatic heterocycles. The van der Waals surface area contributed by atoms with E-state index in [1.165, 1.54) is 23.4 Å². The van der Waals surface area contributed by atoms with Crippen LogP contribution in [0.2, 0.25) is 18.1 Å². The first-order chi connectivity index (χ1) is 26.8. The van der Waals surface area contributed by atoms with Gasteiger partial charge in [0.1, 0.15) is 30.7 Å². The number of nitriles is 1. The number of hydrogen-bond acceptors (Lipinski definition) is 17. The highest BCUT2D eigenvalue weighted by Crippen LogP contribution is 2.58. The van der Waals surface area contributed by atoms with E-state index in [4.69, 9.17) is 48.3 Å². The summed E-state index contributed by atoms with van der Waals surface area (Å²) >= 11 is 6.06. The van der Waals surface area contributed by atoms with Gasteiger partial charge in [-0.3, -0.25) is 38.0 Å². The summed E-state index contributed by atoms with van der Waals surface area (Å²) in [5.74, 6) is -1.17. The third-order valence-electron chi connectivity index (χ3n) is 10.3. The third-order valence-corrected chi connectivity index (χ3v) is 18.1. The molecule has 2 saturated heterocycles. The molecule has 24 heteroatoms. The Kier molecular flexibility index (Phi) is 13.2. The summed E-state index contributed by atoms with van der Waals surface area (Å²) in [5, 5.41) is 11.7. The third kappa shape index (κ3) is 10.2. The predicted molar refractivity (Wildman–Crippen MR) is 209 cm³/mol. The van der Waals surface area contributed by atoms with Crippen molar-refractivity contribution < 1.29 is 50.8 Å². The number of carbonyl (C=O) groups excluding carboxylic acids is 1. The summed E-state index contributed by atoms with van der Waals surface area (Å²) in [7, 11) is -7.50. The monoisotopic (exact) mass is 870 g/mol. The van der Waals surface area contributed by atoms with Crippen molar-refractivity contribution in [2.75, 3.05) is 25.1 Å². The molecule has 3 aromatic heterocycles. The maximum atomic E-state index is 13.7. The van der Waals surface area contributed by atoms with Gasteiger partial charge in [0, 0.05) is 30.5 Å². The van der Waals surface area contributed by atoms with Crippen LogP contribution < -0.4 is 15.6 Å². The molecule has 1 amide bonds. The lowest BCUT2D eigenvalue weighted by atomic mass is 10.1. The largest absolute Gasteiger partial charge is 0.474 e. The molecule has 0 aromatic carbocycles. The van der Waals surface area contributed by atoms with E-state index in [1.54, 1.807) is 19.9 Å². The zero-order valence-electron chi connectivity index (χ0n) is 32.6. The second-order valence-electron chi connectivity index (χ2n) is 15.8. The average Bonchev–Trinajstić information content (AvgIpc) is 3.81. The molecule has 1 aliphatic carbocycles. The van der Waals surface area contributed by atoms with Gasteiger partial charge in [-0.2, -0.15) is 10.2 Å². The van der Waals surface area contributed by atoms with Crippen molar-refractivity contribution in [2.45, 2.75) is 109 Å². The van der Waals surface area contributed by atoms with Crippen molar-refractivity contribution in [3.8, 4) is 11.9 Å². The van der Waals surface area contributed by atoms with E-state index >= 15 is 0 Å². The standard InChI is InChI=1S/C33H48N8O12P2SSi/c1-19(2)29(42)39-32-38-28-25(30(43)40-32)37-18-41(28)31-27-26(53-57(6,7)33(3,4)5)23(50-31)16-47-54(44,45)51-22-14-21(49-24-9-11-35-17-36-24)13-20(22)15-48-55(56,52-27)46-12-8-10-34/h9,11,17-23,26-27,31H,8,12-16H2,1-7H3,(H,44,45)(H2,38,39,40,42,43)/t20-,21-,22+,23-,26-,27-,31-,55+/m1/s1. The van der Waals surface area contributed by atoms with Crippen molar-refractivity contribution in [3.05, 3.63) is 35.3 Å².